The van der Waals surface area contributed by atoms with Crippen molar-refractivity contribution in [2.45, 2.75) is 39.7 Å². The van der Waals surface area contributed by atoms with E-state index in [9.17, 15) is 9.59 Å². The fourth-order valence-electron chi connectivity index (χ4n) is 1.40. The van der Waals surface area contributed by atoms with E-state index in [1.54, 1.807) is 13.8 Å². The lowest BCUT2D eigenvalue weighted by Crippen LogP contribution is -2.44. The van der Waals surface area contributed by atoms with Gasteiger partial charge in [0.25, 0.3) is 5.91 Å². The lowest BCUT2D eigenvalue weighted by atomic mass is 10.3. The first kappa shape index (κ1) is 28.3. The molecule has 0 spiro atoms. The average molecular weight is 380 g/mol. The summed E-state index contributed by atoms with van der Waals surface area (Å²) in [7, 11) is 7.01. The van der Waals surface area contributed by atoms with Gasteiger partial charge in [-0.2, -0.15) is 0 Å². The van der Waals surface area contributed by atoms with E-state index in [1.165, 1.54) is 14.2 Å². The van der Waals surface area contributed by atoms with E-state index in [1.807, 2.05) is 6.92 Å². The van der Waals surface area contributed by atoms with Crippen molar-refractivity contribution in [3.8, 4) is 0 Å². The lowest BCUT2D eigenvalue weighted by molar-refractivity contribution is -0.171. The van der Waals surface area contributed by atoms with Gasteiger partial charge >= 0.3 is 0 Å². The number of nitrogens with zero attached hydrogens (tertiary/aromatic N) is 4. The van der Waals surface area contributed by atoms with E-state index in [0.29, 0.717) is 6.42 Å². The molecule has 0 bridgehead atoms. The first-order chi connectivity index (χ1) is 11.3. The van der Waals surface area contributed by atoms with Crippen molar-refractivity contribution in [2.75, 3.05) is 47.9 Å². The van der Waals surface area contributed by atoms with Crippen molar-refractivity contribution in [3.05, 3.63) is 0 Å². The maximum Gasteiger partial charge on any atom is 0.268 e. The van der Waals surface area contributed by atoms with Crippen molar-refractivity contribution < 1.29 is 14.4 Å². The van der Waals surface area contributed by atoms with E-state index in [-0.39, 0.29) is 24.2 Å². The monoisotopic (exact) mass is 379 g/mol. The Kier molecular flexibility index (Phi) is 21.4. The molecule has 0 saturated carbocycles. The Labute approximate surface area is 158 Å². The van der Waals surface area contributed by atoms with Gasteiger partial charge in [0, 0.05) is 20.0 Å². The third-order valence-electron chi connectivity index (χ3n) is 2.83. The zero-order valence-corrected chi connectivity index (χ0v) is 17.4. The van der Waals surface area contributed by atoms with Gasteiger partial charge in [-0.05, 0) is 40.9 Å². The first-order valence-corrected chi connectivity index (χ1v) is 8.13. The number of nitrogens with one attached hydrogen (secondary N) is 1. The minimum absolute atomic E-state index is 0. The Balaban J connectivity index is -0.000000377. The number of likely N-dealkylation sites (N-methyl/N-ethyl adjacent to an activating group) is 1. The number of aliphatic imine (C=N–C) groups is 2. The maximum absolute atomic E-state index is 11.3. The Bertz CT molecular complexity index is 413. The van der Waals surface area contributed by atoms with Gasteiger partial charge in [-0.3, -0.25) is 14.4 Å². The number of halogens is 1. The summed E-state index contributed by atoms with van der Waals surface area (Å²) in [5, 5.41) is 3.62. The number of rotatable bonds is 9. The maximum atomic E-state index is 11.3. The smallest absolute Gasteiger partial charge is 0.268 e. The normalized spacial score (nSPS) is 10.4. The van der Waals surface area contributed by atoms with Gasteiger partial charge in [0.15, 0.2) is 0 Å². The number of amides is 2. The molecule has 0 radical (unpaired) electrons. The van der Waals surface area contributed by atoms with Crippen LogP contribution in [0.25, 0.3) is 0 Å². The molecule has 25 heavy (non-hydrogen) atoms. The molecule has 0 fully saturated rings. The van der Waals surface area contributed by atoms with Crippen LogP contribution in [0.15, 0.2) is 9.98 Å². The van der Waals surface area contributed by atoms with E-state index in [2.05, 4.69) is 45.1 Å². The molecule has 0 saturated heterocycles. The molecule has 2 amide bonds. The second kappa shape index (κ2) is 18.9. The Hall–Kier alpha value is -1.47. The van der Waals surface area contributed by atoms with Crippen molar-refractivity contribution in [3.63, 3.8) is 0 Å². The molecular weight excluding hydrogens is 346 g/mol. The highest BCUT2D eigenvalue weighted by atomic mass is 35.5. The highest BCUT2D eigenvalue weighted by Gasteiger charge is 2.18. The minimum Gasteiger partial charge on any atom is -0.345 e. The zero-order valence-electron chi connectivity index (χ0n) is 16.5. The molecule has 1 N–H and O–H groups in total. The number of hydrogen-bond acceptors (Lipinski definition) is 6. The van der Waals surface area contributed by atoms with Crippen LogP contribution in [0, 0.1) is 0 Å². The quantitative estimate of drug-likeness (QED) is 0.373. The summed E-state index contributed by atoms with van der Waals surface area (Å²) < 4.78 is 0. The summed E-state index contributed by atoms with van der Waals surface area (Å²) in [6.07, 6.45) is 1.45. The molecule has 0 aromatic rings. The first-order valence-electron chi connectivity index (χ1n) is 8.13. The number of hydroxylamine groups is 2. The minimum atomic E-state index is -0.544. The standard InChI is InChI=1S/C8H17N3.C8H16N2O3.ClH/c1-4-9-8-10-6-5-7-11(2)3;1-5-7(11)9-6(2)8(12)10(3)13-4;/h4-7H2,1-3H3;6H,5H2,1-4H3,(H,9,11);1H. The molecule has 1 atom stereocenters. The van der Waals surface area contributed by atoms with E-state index >= 15 is 0 Å². The third-order valence-corrected chi connectivity index (χ3v) is 2.83. The van der Waals surface area contributed by atoms with Crippen LogP contribution in [0.4, 0.5) is 0 Å². The fourth-order valence-corrected chi connectivity index (χ4v) is 1.40. The van der Waals surface area contributed by atoms with Crippen LogP contribution in [0.5, 0.6) is 0 Å². The van der Waals surface area contributed by atoms with Crippen molar-refractivity contribution >= 4 is 30.2 Å². The van der Waals surface area contributed by atoms with Crippen LogP contribution in [0.2, 0.25) is 0 Å². The number of carbonyl (C=O) groups is 2. The summed E-state index contributed by atoms with van der Waals surface area (Å²) in [6.45, 7) is 8.01. The van der Waals surface area contributed by atoms with Crippen molar-refractivity contribution in [2.24, 2.45) is 9.98 Å². The summed E-state index contributed by atoms with van der Waals surface area (Å²) in [5.41, 5.74) is 0. The van der Waals surface area contributed by atoms with Gasteiger partial charge < -0.3 is 10.2 Å². The second-order valence-corrected chi connectivity index (χ2v) is 5.27. The molecule has 8 nitrogen and oxygen atoms in total. The van der Waals surface area contributed by atoms with Gasteiger partial charge in [0.2, 0.25) is 5.91 Å². The predicted octanol–water partition coefficient (Wildman–Crippen LogP) is 1.47. The van der Waals surface area contributed by atoms with E-state index in [4.69, 9.17) is 0 Å². The Morgan fingerprint density at radius 2 is 1.80 bits per heavy atom. The van der Waals surface area contributed by atoms with Crippen molar-refractivity contribution in [1.82, 2.24) is 15.3 Å². The Morgan fingerprint density at radius 3 is 2.24 bits per heavy atom. The molecule has 0 aliphatic rings. The van der Waals surface area contributed by atoms with Gasteiger partial charge in [-0.15, -0.1) is 12.4 Å². The molecule has 0 aromatic carbocycles. The summed E-state index contributed by atoms with van der Waals surface area (Å²) in [5.74, 6) is -0.422. The predicted molar refractivity (Wildman–Crippen MR) is 103 cm³/mol. The fraction of sp³-hybridized carbons (Fsp3) is 0.812. The van der Waals surface area contributed by atoms with Crippen LogP contribution >= 0.6 is 12.4 Å². The van der Waals surface area contributed by atoms with Gasteiger partial charge in [-0.1, -0.05) is 6.92 Å². The van der Waals surface area contributed by atoms with E-state index < -0.39 is 6.04 Å². The SMILES string of the molecule is CCC(=O)NC(C)C(=O)N(C)OC.CCN=C=NCCCN(C)C.Cl. The van der Waals surface area contributed by atoms with Crippen LogP contribution in [0.3, 0.4) is 0 Å². The lowest BCUT2D eigenvalue weighted by Gasteiger charge is -2.19. The average Bonchev–Trinajstić information content (AvgIpc) is 2.56. The summed E-state index contributed by atoms with van der Waals surface area (Å²) in [4.78, 5) is 36.9. The number of hydrogen-bond donors (Lipinski definition) is 1. The van der Waals surface area contributed by atoms with E-state index in [0.717, 1.165) is 31.1 Å². The second-order valence-electron chi connectivity index (χ2n) is 5.27. The van der Waals surface area contributed by atoms with Gasteiger partial charge in [0.05, 0.1) is 19.7 Å². The number of carbonyl (C=O) groups excluding carboxylic acids is 2. The molecule has 1 unspecified atom stereocenters. The molecule has 0 aliphatic heterocycles. The van der Waals surface area contributed by atoms with Crippen LogP contribution in [0.1, 0.15) is 33.6 Å². The molecule has 0 aliphatic carbocycles. The highest BCUT2D eigenvalue weighted by molar-refractivity contribution is 5.86. The molecular formula is C16H34ClN5O3. The molecule has 0 rings (SSSR count). The highest BCUT2D eigenvalue weighted by Crippen LogP contribution is 1.92. The summed E-state index contributed by atoms with van der Waals surface area (Å²) >= 11 is 0. The van der Waals surface area contributed by atoms with Crippen LogP contribution < -0.4 is 5.32 Å². The molecule has 0 heterocycles. The molecule has 9 heteroatoms. The molecule has 148 valence electrons. The Morgan fingerprint density at radius 1 is 1.20 bits per heavy atom. The van der Waals surface area contributed by atoms with Gasteiger partial charge in [0.1, 0.15) is 6.04 Å². The van der Waals surface area contributed by atoms with Gasteiger partial charge in [-0.25, -0.2) is 15.0 Å². The summed E-state index contributed by atoms with van der Waals surface area (Å²) in [6, 6.07) is 2.10. The largest absolute Gasteiger partial charge is 0.345 e. The van der Waals surface area contributed by atoms with Crippen molar-refractivity contribution in [1.29, 1.82) is 0 Å². The molecule has 0 aromatic heterocycles. The van der Waals surface area contributed by atoms with Crippen LogP contribution in [-0.4, -0.2) is 81.7 Å². The zero-order chi connectivity index (χ0) is 19.0. The third kappa shape index (κ3) is 18.7. The van der Waals surface area contributed by atoms with Crippen LogP contribution in [-0.2, 0) is 14.4 Å². The topological polar surface area (TPSA) is 86.6 Å².